The number of fused-ring (bicyclic) bond motifs is 1. The number of benzene rings is 3. The van der Waals surface area contributed by atoms with Crippen LogP contribution < -0.4 is 9.47 Å². The van der Waals surface area contributed by atoms with Crippen molar-refractivity contribution in [3.63, 3.8) is 0 Å². The minimum absolute atomic E-state index is 0.0928. The van der Waals surface area contributed by atoms with Crippen LogP contribution in [0.3, 0.4) is 0 Å². The molecule has 5 rings (SSSR count). The summed E-state index contributed by atoms with van der Waals surface area (Å²) < 4.78 is 11.4. The zero-order valence-electron chi connectivity index (χ0n) is 20.2. The second-order valence-electron chi connectivity index (χ2n) is 9.14. The monoisotopic (exact) mass is 484 g/mol. The highest BCUT2D eigenvalue weighted by atomic mass is 16.5. The summed E-state index contributed by atoms with van der Waals surface area (Å²) in [5.41, 5.74) is 1.95. The zero-order valence-corrected chi connectivity index (χ0v) is 20.2. The molecule has 7 heteroatoms. The maximum absolute atomic E-state index is 13.4. The van der Waals surface area contributed by atoms with Gasteiger partial charge in [0.25, 0.3) is 17.7 Å². The first kappa shape index (κ1) is 23.6. The third-order valence-electron chi connectivity index (χ3n) is 6.84. The van der Waals surface area contributed by atoms with E-state index >= 15 is 0 Å². The molecule has 0 unspecified atom stereocenters. The van der Waals surface area contributed by atoms with Gasteiger partial charge < -0.3 is 14.4 Å². The number of rotatable bonds is 7. The quantitative estimate of drug-likeness (QED) is 0.464. The second kappa shape index (κ2) is 10.2. The van der Waals surface area contributed by atoms with Crippen molar-refractivity contribution >= 4 is 17.7 Å². The number of likely N-dealkylation sites (tertiary alicyclic amines) is 1. The van der Waals surface area contributed by atoms with Gasteiger partial charge in [0.05, 0.1) is 37.0 Å². The standard InChI is InChI=1S/C29H28N2O5/c1-35-26-12-11-21(18-31-28(33)23-9-5-6-10-24(23)29(31)34)17-25(26)27(32)30-15-13-20(14-16-30)19-36-22-7-3-2-4-8-22/h2-12,17,20H,13-16,18-19H2,1H3. The van der Waals surface area contributed by atoms with Crippen LogP contribution in [0.1, 0.15) is 49.5 Å². The summed E-state index contributed by atoms with van der Waals surface area (Å²) in [5.74, 6) is 0.962. The van der Waals surface area contributed by atoms with Crippen molar-refractivity contribution in [1.29, 1.82) is 0 Å². The van der Waals surface area contributed by atoms with E-state index in [1.165, 1.54) is 12.0 Å². The Morgan fingerprint density at radius 2 is 1.53 bits per heavy atom. The Labute approximate surface area is 210 Å². The van der Waals surface area contributed by atoms with Gasteiger partial charge in [-0.05, 0) is 60.7 Å². The van der Waals surface area contributed by atoms with E-state index in [9.17, 15) is 14.4 Å². The van der Waals surface area contributed by atoms with Gasteiger partial charge in [0.15, 0.2) is 0 Å². The molecule has 184 valence electrons. The van der Waals surface area contributed by atoms with E-state index in [4.69, 9.17) is 9.47 Å². The number of carbonyl (C=O) groups excluding carboxylic acids is 3. The summed E-state index contributed by atoms with van der Waals surface area (Å²) in [6.07, 6.45) is 1.71. The summed E-state index contributed by atoms with van der Waals surface area (Å²) >= 11 is 0. The van der Waals surface area contributed by atoms with Crippen molar-refractivity contribution in [2.24, 2.45) is 5.92 Å². The SMILES string of the molecule is COc1ccc(CN2C(=O)c3ccccc3C2=O)cc1C(=O)N1CCC(COc2ccccc2)CC1. The summed E-state index contributed by atoms with van der Waals surface area (Å²) in [6.45, 7) is 1.99. The van der Waals surface area contributed by atoms with Gasteiger partial charge in [-0.25, -0.2) is 0 Å². The molecule has 0 atom stereocenters. The van der Waals surface area contributed by atoms with Gasteiger partial charge in [-0.2, -0.15) is 0 Å². The van der Waals surface area contributed by atoms with Gasteiger partial charge in [-0.1, -0.05) is 36.4 Å². The van der Waals surface area contributed by atoms with Crippen LogP contribution in [-0.4, -0.2) is 54.3 Å². The molecular weight excluding hydrogens is 456 g/mol. The van der Waals surface area contributed by atoms with Gasteiger partial charge in [0.2, 0.25) is 0 Å². The van der Waals surface area contributed by atoms with E-state index < -0.39 is 0 Å². The Hall–Kier alpha value is -4.13. The minimum atomic E-state index is -0.320. The van der Waals surface area contributed by atoms with Crippen molar-refractivity contribution in [2.75, 3.05) is 26.8 Å². The third-order valence-corrected chi connectivity index (χ3v) is 6.84. The molecule has 0 saturated carbocycles. The molecule has 0 bridgehead atoms. The molecule has 3 amide bonds. The highest BCUT2D eigenvalue weighted by Gasteiger charge is 2.35. The summed E-state index contributed by atoms with van der Waals surface area (Å²) in [7, 11) is 1.53. The molecule has 2 heterocycles. The second-order valence-corrected chi connectivity index (χ2v) is 9.14. The van der Waals surface area contributed by atoms with Crippen molar-refractivity contribution in [1.82, 2.24) is 9.80 Å². The summed E-state index contributed by atoms with van der Waals surface area (Å²) in [5, 5.41) is 0. The molecule has 1 saturated heterocycles. The fourth-order valence-corrected chi connectivity index (χ4v) is 4.79. The number of hydrogen-bond acceptors (Lipinski definition) is 5. The number of nitrogens with zero attached hydrogens (tertiary/aromatic N) is 2. The molecule has 36 heavy (non-hydrogen) atoms. The molecule has 0 spiro atoms. The topological polar surface area (TPSA) is 76.2 Å². The molecule has 2 aliphatic heterocycles. The number of amides is 3. The Bertz CT molecular complexity index is 1250. The van der Waals surface area contributed by atoms with Crippen LogP contribution in [0.25, 0.3) is 0 Å². The van der Waals surface area contributed by atoms with Gasteiger partial charge in [-0.15, -0.1) is 0 Å². The van der Waals surface area contributed by atoms with Gasteiger partial charge >= 0.3 is 0 Å². The molecule has 3 aromatic rings. The van der Waals surface area contributed by atoms with Crippen LogP contribution in [0, 0.1) is 5.92 Å². The minimum Gasteiger partial charge on any atom is -0.496 e. The number of ether oxygens (including phenoxy) is 2. The lowest BCUT2D eigenvalue weighted by atomic mass is 9.97. The van der Waals surface area contributed by atoms with E-state index in [2.05, 4.69) is 0 Å². The van der Waals surface area contributed by atoms with E-state index in [0.717, 1.165) is 18.6 Å². The Morgan fingerprint density at radius 1 is 0.889 bits per heavy atom. The molecule has 2 aliphatic rings. The van der Waals surface area contributed by atoms with E-state index in [1.54, 1.807) is 42.5 Å². The van der Waals surface area contributed by atoms with E-state index in [-0.39, 0.29) is 24.3 Å². The lowest BCUT2D eigenvalue weighted by Crippen LogP contribution is -2.40. The van der Waals surface area contributed by atoms with Gasteiger partial charge in [0.1, 0.15) is 11.5 Å². The van der Waals surface area contributed by atoms with Gasteiger partial charge in [0, 0.05) is 13.1 Å². The normalized spacial score (nSPS) is 15.7. The van der Waals surface area contributed by atoms with Crippen molar-refractivity contribution in [3.8, 4) is 11.5 Å². The number of carbonyl (C=O) groups is 3. The van der Waals surface area contributed by atoms with E-state index in [0.29, 0.717) is 53.6 Å². The third kappa shape index (κ3) is 4.69. The van der Waals surface area contributed by atoms with Crippen LogP contribution in [0.5, 0.6) is 11.5 Å². The lowest BCUT2D eigenvalue weighted by molar-refractivity contribution is 0.0641. The Balaban J connectivity index is 1.24. The van der Waals surface area contributed by atoms with Crippen molar-refractivity contribution < 1.29 is 23.9 Å². The highest BCUT2D eigenvalue weighted by Crippen LogP contribution is 2.28. The predicted octanol–water partition coefficient (Wildman–Crippen LogP) is 4.42. The lowest BCUT2D eigenvalue weighted by Gasteiger charge is -2.32. The molecular formula is C29H28N2O5. The molecule has 7 nitrogen and oxygen atoms in total. The van der Waals surface area contributed by atoms with Crippen LogP contribution in [0.4, 0.5) is 0 Å². The first-order valence-corrected chi connectivity index (χ1v) is 12.1. The smallest absolute Gasteiger partial charge is 0.261 e. The number of piperidine rings is 1. The average Bonchev–Trinajstić information content (AvgIpc) is 3.17. The van der Waals surface area contributed by atoms with Crippen molar-refractivity contribution in [3.05, 3.63) is 95.1 Å². The first-order chi connectivity index (χ1) is 17.5. The van der Waals surface area contributed by atoms with Crippen LogP contribution >= 0.6 is 0 Å². The molecule has 0 aliphatic carbocycles. The number of methoxy groups -OCH3 is 1. The van der Waals surface area contributed by atoms with Gasteiger partial charge in [-0.3, -0.25) is 19.3 Å². The fraction of sp³-hybridized carbons (Fsp3) is 0.276. The fourth-order valence-electron chi connectivity index (χ4n) is 4.79. The Kier molecular flexibility index (Phi) is 6.71. The zero-order chi connectivity index (χ0) is 25.1. The molecule has 0 aromatic heterocycles. The molecule has 0 N–H and O–H groups in total. The van der Waals surface area contributed by atoms with Crippen molar-refractivity contribution in [2.45, 2.75) is 19.4 Å². The predicted molar refractivity (Wildman–Crippen MR) is 134 cm³/mol. The maximum atomic E-state index is 13.4. The van der Waals surface area contributed by atoms with Crippen LogP contribution in [0.15, 0.2) is 72.8 Å². The summed E-state index contributed by atoms with van der Waals surface area (Å²) in [4.78, 5) is 42.0. The largest absolute Gasteiger partial charge is 0.496 e. The van der Waals surface area contributed by atoms with Crippen LogP contribution in [-0.2, 0) is 6.54 Å². The van der Waals surface area contributed by atoms with E-state index in [1.807, 2.05) is 35.2 Å². The molecule has 1 fully saturated rings. The Morgan fingerprint density at radius 3 is 2.17 bits per heavy atom. The number of hydrogen-bond donors (Lipinski definition) is 0. The average molecular weight is 485 g/mol. The summed E-state index contributed by atoms with van der Waals surface area (Å²) in [6, 6.07) is 21.8. The molecule has 0 radical (unpaired) electrons. The first-order valence-electron chi connectivity index (χ1n) is 12.1. The highest BCUT2D eigenvalue weighted by molar-refractivity contribution is 6.21. The molecule has 3 aromatic carbocycles. The van der Waals surface area contributed by atoms with Crippen LogP contribution in [0.2, 0.25) is 0 Å². The number of imide groups is 1. The maximum Gasteiger partial charge on any atom is 0.261 e. The number of para-hydroxylation sites is 1.